The Morgan fingerprint density at radius 1 is 1.45 bits per heavy atom. The number of nitrogens with zero attached hydrogens (tertiary/aromatic N) is 2. The van der Waals surface area contributed by atoms with Crippen molar-refractivity contribution >= 4 is 5.97 Å². The van der Waals surface area contributed by atoms with Crippen molar-refractivity contribution in [1.29, 1.82) is 0 Å². The number of carbonyl (C=O) groups is 1. The molecule has 2 saturated heterocycles. The molecule has 0 aromatic carbocycles. The van der Waals surface area contributed by atoms with E-state index in [2.05, 4.69) is 10.1 Å². The number of rotatable bonds is 4. The van der Waals surface area contributed by atoms with Crippen LogP contribution in [0.4, 0.5) is 0 Å². The van der Waals surface area contributed by atoms with E-state index in [0.717, 1.165) is 32.1 Å². The van der Waals surface area contributed by atoms with E-state index in [9.17, 15) is 4.79 Å². The van der Waals surface area contributed by atoms with E-state index in [1.807, 2.05) is 0 Å². The summed E-state index contributed by atoms with van der Waals surface area (Å²) < 4.78 is 16.3. The average molecular weight is 278 g/mol. The van der Waals surface area contributed by atoms with E-state index in [1.54, 1.807) is 6.92 Å². The van der Waals surface area contributed by atoms with Crippen LogP contribution in [0.2, 0.25) is 0 Å². The summed E-state index contributed by atoms with van der Waals surface area (Å²) in [6, 6.07) is 0. The third-order valence-corrected chi connectivity index (χ3v) is 4.70. The Balaban J connectivity index is 1.55. The van der Waals surface area contributed by atoms with Crippen LogP contribution in [0.15, 0.2) is 4.52 Å². The van der Waals surface area contributed by atoms with Gasteiger partial charge in [-0.05, 0) is 39.0 Å². The first kappa shape index (κ1) is 12.3. The molecule has 0 N–H and O–H groups in total. The Morgan fingerprint density at radius 2 is 2.30 bits per heavy atom. The predicted molar refractivity (Wildman–Crippen MR) is 67.1 cm³/mol. The minimum absolute atomic E-state index is 0.225. The SMILES string of the molecule is CCOC(=O)C1(c2nc(C3CC4CCC3O4)no2)CC1. The second-order valence-corrected chi connectivity index (χ2v) is 5.98. The summed E-state index contributed by atoms with van der Waals surface area (Å²) in [7, 11) is 0. The van der Waals surface area contributed by atoms with Crippen molar-refractivity contribution in [2.24, 2.45) is 0 Å². The third-order valence-electron chi connectivity index (χ3n) is 4.70. The molecule has 3 unspecified atom stereocenters. The smallest absolute Gasteiger partial charge is 0.321 e. The maximum absolute atomic E-state index is 12.0. The van der Waals surface area contributed by atoms with Crippen molar-refractivity contribution in [1.82, 2.24) is 10.1 Å². The number of carbonyl (C=O) groups excluding carboxylic acids is 1. The highest BCUT2D eigenvalue weighted by Crippen LogP contribution is 2.49. The van der Waals surface area contributed by atoms with Crippen LogP contribution < -0.4 is 0 Å². The van der Waals surface area contributed by atoms with Gasteiger partial charge in [0.15, 0.2) is 5.82 Å². The molecule has 6 nitrogen and oxygen atoms in total. The highest BCUT2D eigenvalue weighted by atomic mass is 16.5. The summed E-state index contributed by atoms with van der Waals surface area (Å²) in [5.74, 6) is 1.11. The fraction of sp³-hybridized carbons (Fsp3) is 0.786. The molecule has 2 aliphatic heterocycles. The van der Waals surface area contributed by atoms with Crippen LogP contribution in [0.3, 0.4) is 0 Å². The lowest BCUT2D eigenvalue weighted by Crippen LogP contribution is -2.24. The van der Waals surface area contributed by atoms with Gasteiger partial charge in [0, 0.05) is 0 Å². The van der Waals surface area contributed by atoms with E-state index in [-0.39, 0.29) is 18.0 Å². The number of esters is 1. The van der Waals surface area contributed by atoms with Gasteiger partial charge in [0.2, 0.25) is 5.89 Å². The Morgan fingerprint density at radius 3 is 2.90 bits per heavy atom. The maximum Gasteiger partial charge on any atom is 0.321 e. The van der Waals surface area contributed by atoms with Gasteiger partial charge < -0.3 is 14.0 Å². The first-order valence-corrected chi connectivity index (χ1v) is 7.40. The lowest BCUT2D eigenvalue weighted by Gasteiger charge is -2.14. The summed E-state index contributed by atoms with van der Waals surface area (Å²) in [6.45, 7) is 2.18. The number of hydrogen-bond donors (Lipinski definition) is 0. The number of fused-ring (bicyclic) bond motifs is 2. The van der Waals surface area contributed by atoms with E-state index in [4.69, 9.17) is 14.0 Å². The molecule has 3 atom stereocenters. The average Bonchev–Trinajstić information content (AvgIpc) is 2.85. The standard InChI is InChI=1S/C14H18N2O4/c1-2-18-13(17)14(5-6-14)12-15-11(16-20-12)9-7-8-3-4-10(9)19-8/h8-10H,2-7H2,1H3. The number of hydrogen-bond acceptors (Lipinski definition) is 6. The van der Waals surface area contributed by atoms with Crippen molar-refractivity contribution in [2.45, 2.75) is 62.6 Å². The zero-order chi connectivity index (χ0) is 13.7. The molecule has 4 rings (SSSR count). The van der Waals surface area contributed by atoms with Crippen LogP contribution >= 0.6 is 0 Å². The highest BCUT2D eigenvalue weighted by Gasteiger charge is 2.58. The minimum atomic E-state index is -0.667. The van der Waals surface area contributed by atoms with Crippen LogP contribution in [-0.2, 0) is 19.7 Å². The fourth-order valence-corrected chi connectivity index (χ4v) is 3.39. The second-order valence-electron chi connectivity index (χ2n) is 5.98. The molecule has 1 aromatic rings. The second kappa shape index (κ2) is 4.28. The Hall–Kier alpha value is -1.43. The molecular weight excluding hydrogens is 260 g/mol. The maximum atomic E-state index is 12.0. The zero-order valence-corrected chi connectivity index (χ0v) is 11.5. The van der Waals surface area contributed by atoms with Gasteiger partial charge >= 0.3 is 5.97 Å². The number of ether oxygens (including phenoxy) is 2. The van der Waals surface area contributed by atoms with Gasteiger partial charge in [0.05, 0.1) is 24.7 Å². The van der Waals surface area contributed by atoms with Gasteiger partial charge in [0.1, 0.15) is 5.41 Å². The van der Waals surface area contributed by atoms with Crippen LogP contribution in [0.5, 0.6) is 0 Å². The topological polar surface area (TPSA) is 74.5 Å². The minimum Gasteiger partial charge on any atom is -0.465 e. The first-order chi connectivity index (χ1) is 9.73. The van der Waals surface area contributed by atoms with Crippen LogP contribution in [0.1, 0.15) is 56.7 Å². The molecule has 6 heteroatoms. The van der Waals surface area contributed by atoms with Gasteiger partial charge in [-0.3, -0.25) is 4.79 Å². The lowest BCUT2D eigenvalue weighted by atomic mass is 9.89. The predicted octanol–water partition coefficient (Wildman–Crippen LogP) is 1.70. The van der Waals surface area contributed by atoms with Gasteiger partial charge in [-0.2, -0.15) is 4.98 Å². The molecule has 1 aromatic heterocycles. The highest BCUT2D eigenvalue weighted by molar-refractivity contribution is 5.85. The van der Waals surface area contributed by atoms with Gasteiger partial charge in [-0.1, -0.05) is 5.16 Å². The summed E-state index contributed by atoms with van der Waals surface area (Å²) in [5, 5.41) is 4.09. The van der Waals surface area contributed by atoms with E-state index in [1.165, 1.54) is 0 Å². The lowest BCUT2D eigenvalue weighted by molar-refractivity contribution is -0.146. The van der Waals surface area contributed by atoms with Crippen LogP contribution in [0, 0.1) is 0 Å². The summed E-state index contributed by atoms with van der Waals surface area (Å²) in [4.78, 5) is 16.5. The fourth-order valence-electron chi connectivity index (χ4n) is 3.39. The third kappa shape index (κ3) is 1.70. The quantitative estimate of drug-likeness (QED) is 0.780. The van der Waals surface area contributed by atoms with E-state index >= 15 is 0 Å². The molecule has 0 amide bonds. The Labute approximate surface area is 116 Å². The van der Waals surface area contributed by atoms with Crippen LogP contribution in [-0.4, -0.2) is 34.9 Å². The van der Waals surface area contributed by atoms with Crippen molar-refractivity contribution in [2.75, 3.05) is 6.61 Å². The molecule has 1 aliphatic carbocycles. The monoisotopic (exact) mass is 278 g/mol. The largest absolute Gasteiger partial charge is 0.465 e. The summed E-state index contributed by atoms with van der Waals surface area (Å²) in [5.41, 5.74) is -0.667. The molecular formula is C14H18N2O4. The van der Waals surface area contributed by atoms with Crippen LogP contribution in [0.25, 0.3) is 0 Å². The molecule has 0 spiro atoms. The summed E-state index contributed by atoms with van der Waals surface area (Å²) >= 11 is 0. The van der Waals surface area contributed by atoms with E-state index in [0.29, 0.717) is 24.4 Å². The van der Waals surface area contributed by atoms with Crippen molar-refractivity contribution in [3.8, 4) is 0 Å². The van der Waals surface area contributed by atoms with E-state index < -0.39 is 5.41 Å². The normalized spacial score (nSPS) is 33.4. The van der Waals surface area contributed by atoms with Gasteiger partial charge in [0.25, 0.3) is 0 Å². The van der Waals surface area contributed by atoms with Gasteiger partial charge in [-0.15, -0.1) is 0 Å². The van der Waals surface area contributed by atoms with Crippen molar-refractivity contribution in [3.63, 3.8) is 0 Å². The van der Waals surface area contributed by atoms with Crippen molar-refractivity contribution in [3.05, 3.63) is 11.7 Å². The summed E-state index contributed by atoms with van der Waals surface area (Å²) in [6.07, 6.45) is 5.23. The molecule has 0 radical (unpaired) electrons. The first-order valence-electron chi connectivity index (χ1n) is 7.40. The Bertz CT molecular complexity index is 537. The number of aromatic nitrogens is 2. The molecule has 1 saturated carbocycles. The zero-order valence-electron chi connectivity index (χ0n) is 11.5. The van der Waals surface area contributed by atoms with Crippen molar-refractivity contribution < 1.29 is 18.8 Å². The Kier molecular flexibility index (Phi) is 2.64. The molecule has 108 valence electrons. The molecule has 2 bridgehead atoms. The molecule has 20 heavy (non-hydrogen) atoms. The molecule has 3 heterocycles. The van der Waals surface area contributed by atoms with Gasteiger partial charge in [-0.25, -0.2) is 0 Å². The molecule has 3 fully saturated rings. The molecule has 3 aliphatic rings.